The van der Waals surface area contributed by atoms with Crippen molar-refractivity contribution in [1.82, 2.24) is 15.0 Å². The quantitative estimate of drug-likeness (QED) is 0.813. The van der Waals surface area contributed by atoms with E-state index in [1.54, 1.807) is 24.3 Å². The van der Waals surface area contributed by atoms with Crippen LogP contribution in [0, 0.1) is 0 Å². The molecule has 0 atom stereocenters. The van der Waals surface area contributed by atoms with Crippen LogP contribution in [0.2, 0.25) is 0 Å². The van der Waals surface area contributed by atoms with Crippen LogP contribution in [-0.2, 0) is 0 Å². The van der Waals surface area contributed by atoms with Crippen LogP contribution < -0.4 is 0 Å². The number of nitrogens with zero attached hydrogens (tertiary/aromatic N) is 3. The third kappa shape index (κ3) is 1.69. The molecule has 0 unspecified atom stereocenters. The van der Waals surface area contributed by atoms with Gasteiger partial charge in [-0.2, -0.15) is 0 Å². The molecule has 0 amide bonds. The predicted molar refractivity (Wildman–Crippen MR) is 60.4 cm³/mol. The van der Waals surface area contributed by atoms with Crippen molar-refractivity contribution in [1.29, 1.82) is 0 Å². The molecule has 86 valence electrons. The first kappa shape index (κ1) is 10.0. The number of phenols is 1. The molecule has 0 spiro atoms. The summed E-state index contributed by atoms with van der Waals surface area (Å²) in [6.45, 7) is 0. The minimum atomic E-state index is 0.142. The van der Waals surface area contributed by atoms with Crippen LogP contribution in [0.25, 0.3) is 5.69 Å². The van der Waals surface area contributed by atoms with Crippen LogP contribution in [0.5, 0.6) is 5.75 Å². The third-order valence-electron chi connectivity index (χ3n) is 2.88. The van der Waals surface area contributed by atoms with E-state index >= 15 is 0 Å². The fourth-order valence-electron chi connectivity index (χ4n) is 1.87. The summed E-state index contributed by atoms with van der Waals surface area (Å²) in [7, 11) is 0. The molecule has 1 aliphatic rings. The summed E-state index contributed by atoms with van der Waals surface area (Å²) in [6.07, 6.45) is 2.91. The van der Waals surface area contributed by atoms with Crippen LogP contribution in [0.4, 0.5) is 0 Å². The average molecular weight is 229 g/mol. The minimum Gasteiger partial charge on any atom is -0.508 e. The van der Waals surface area contributed by atoms with Crippen molar-refractivity contribution in [3.8, 4) is 11.4 Å². The molecule has 0 saturated heterocycles. The maximum atomic E-state index is 11.1. The number of aromatic hydroxyl groups is 1. The maximum Gasteiger partial charge on any atom is 0.170 e. The largest absolute Gasteiger partial charge is 0.508 e. The molecule has 3 rings (SSSR count). The fourth-order valence-corrected chi connectivity index (χ4v) is 1.87. The smallest absolute Gasteiger partial charge is 0.170 e. The Morgan fingerprint density at radius 1 is 1.41 bits per heavy atom. The molecule has 2 aromatic rings. The maximum absolute atomic E-state index is 11.1. The lowest BCUT2D eigenvalue weighted by Gasteiger charge is -2.02. The molecule has 5 heteroatoms. The molecule has 0 radical (unpaired) electrons. The van der Waals surface area contributed by atoms with Crippen LogP contribution in [0.1, 0.15) is 34.9 Å². The van der Waals surface area contributed by atoms with E-state index in [0.29, 0.717) is 17.3 Å². The Balaban J connectivity index is 2.11. The van der Waals surface area contributed by atoms with Crippen molar-refractivity contribution in [3.63, 3.8) is 0 Å². The van der Waals surface area contributed by atoms with Gasteiger partial charge in [0.15, 0.2) is 6.29 Å². The van der Waals surface area contributed by atoms with Crippen LogP contribution in [0.3, 0.4) is 0 Å². The highest BCUT2D eigenvalue weighted by Crippen LogP contribution is 2.40. The molecule has 1 fully saturated rings. The van der Waals surface area contributed by atoms with Crippen LogP contribution in [-0.4, -0.2) is 26.4 Å². The van der Waals surface area contributed by atoms with Gasteiger partial charge in [0.2, 0.25) is 0 Å². The van der Waals surface area contributed by atoms with E-state index < -0.39 is 0 Å². The molecule has 1 heterocycles. The number of hydrogen-bond acceptors (Lipinski definition) is 4. The van der Waals surface area contributed by atoms with Crippen molar-refractivity contribution >= 4 is 6.29 Å². The highest BCUT2D eigenvalue weighted by Gasteiger charge is 2.30. The Hall–Kier alpha value is -2.17. The topological polar surface area (TPSA) is 68.0 Å². The van der Waals surface area contributed by atoms with E-state index in [1.165, 1.54) is 4.68 Å². The summed E-state index contributed by atoms with van der Waals surface area (Å²) in [5.41, 5.74) is 1.90. The van der Waals surface area contributed by atoms with E-state index in [0.717, 1.165) is 24.8 Å². The van der Waals surface area contributed by atoms with Gasteiger partial charge < -0.3 is 5.11 Å². The van der Waals surface area contributed by atoms with Crippen LogP contribution >= 0.6 is 0 Å². The number of aromatic nitrogens is 3. The molecule has 0 bridgehead atoms. The lowest BCUT2D eigenvalue weighted by Crippen LogP contribution is -2.02. The average Bonchev–Trinajstić information content (AvgIpc) is 3.08. The highest BCUT2D eigenvalue weighted by atomic mass is 16.3. The molecule has 1 aromatic heterocycles. The summed E-state index contributed by atoms with van der Waals surface area (Å²) in [6, 6.07) is 6.61. The second kappa shape index (κ2) is 3.69. The molecular formula is C12H11N3O2. The van der Waals surface area contributed by atoms with Gasteiger partial charge in [0.05, 0.1) is 11.4 Å². The lowest BCUT2D eigenvalue weighted by atomic mass is 10.2. The van der Waals surface area contributed by atoms with E-state index in [-0.39, 0.29) is 5.75 Å². The number of phenolic OH excluding ortho intramolecular Hbond substituents is 1. The van der Waals surface area contributed by atoms with E-state index in [1.807, 2.05) is 0 Å². The SMILES string of the molecule is O=Cc1c(C2CC2)nnn1-c1cccc(O)c1. The molecule has 1 N–H and O–H groups in total. The van der Waals surface area contributed by atoms with Gasteiger partial charge in [-0.3, -0.25) is 4.79 Å². The van der Waals surface area contributed by atoms with E-state index in [4.69, 9.17) is 0 Å². The number of carbonyl (C=O) groups is 1. The zero-order chi connectivity index (χ0) is 11.8. The van der Waals surface area contributed by atoms with Crippen LogP contribution in [0.15, 0.2) is 24.3 Å². The number of benzene rings is 1. The molecule has 1 aromatic carbocycles. The first-order chi connectivity index (χ1) is 8.29. The third-order valence-corrected chi connectivity index (χ3v) is 2.88. The molecular weight excluding hydrogens is 218 g/mol. The highest BCUT2D eigenvalue weighted by molar-refractivity contribution is 5.75. The van der Waals surface area contributed by atoms with E-state index in [2.05, 4.69) is 10.3 Å². The Morgan fingerprint density at radius 2 is 2.24 bits per heavy atom. The van der Waals surface area contributed by atoms with Gasteiger partial charge in [-0.1, -0.05) is 11.3 Å². The summed E-state index contributed by atoms with van der Waals surface area (Å²) >= 11 is 0. The number of aldehydes is 1. The van der Waals surface area contributed by atoms with Crippen molar-refractivity contribution in [2.45, 2.75) is 18.8 Å². The van der Waals surface area contributed by atoms with Gasteiger partial charge in [0.25, 0.3) is 0 Å². The van der Waals surface area contributed by atoms with Crippen molar-refractivity contribution in [2.24, 2.45) is 0 Å². The van der Waals surface area contributed by atoms with Gasteiger partial charge in [-0.05, 0) is 25.0 Å². The van der Waals surface area contributed by atoms with Gasteiger partial charge in [-0.25, -0.2) is 4.68 Å². The molecule has 5 nitrogen and oxygen atoms in total. The first-order valence-electron chi connectivity index (χ1n) is 5.50. The molecule has 0 aliphatic heterocycles. The van der Waals surface area contributed by atoms with Crippen molar-refractivity contribution < 1.29 is 9.90 Å². The Labute approximate surface area is 97.7 Å². The Bertz CT molecular complexity index is 573. The monoisotopic (exact) mass is 229 g/mol. The normalized spacial score (nSPS) is 14.8. The summed E-state index contributed by atoms with van der Waals surface area (Å²) < 4.78 is 1.47. The van der Waals surface area contributed by atoms with E-state index in [9.17, 15) is 9.90 Å². The second-order valence-corrected chi connectivity index (χ2v) is 4.18. The summed E-state index contributed by atoms with van der Waals surface area (Å²) in [5, 5.41) is 17.5. The summed E-state index contributed by atoms with van der Waals surface area (Å²) in [4.78, 5) is 11.1. The zero-order valence-corrected chi connectivity index (χ0v) is 9.08. The van der Waals surface area contributed by atoms with Gasteiger partial charge in [-0.15, -0.1) is 5.10 Å². The first-order valence-corrected chi connectivity index (χ1v) is 5.50. The zero-order valence-electron chi connectivity index (χ0n) is 9.08. The number of rotatable bonds is 3. The lowest BCUT2D eigenvalue weighted by molar-refractivity contribution is 0.111. The van der Waals surface area contributed by atoms with Gasteiger partial charge in [0, 0.05) is 12.0 Å². The fraction of sp³-hybridized carbons (Fsp3) is 0.250. The van der Waals surface area contributed by atoms with Crippen molar-refractivity contribution in [2.75, 3.05) is 0 Å². The van der Waals surface area contributed by atoms with Gasteiger partial charge in [0.1, 0.15) is 11.4 Å². The molecule has 1 aliphatic carbocycles. The van der Waals surface area contributed by atoms with Gasteiger partial charge >= 0.3 is 0 Å². The number of hydrogen-bond donors (Lipinski definition) is 1. The molecule has 1 saturated carbocycles. The molecule has 17 heavy (non-hydrogen) atoms. The Morgan fingerprint density at radius 3 is 2.88 bits per heavy atom. The summed E-state index contributed by atoms with van der Waals surface area (Å²) in [5.74, 6) is 0.518. The standard InChI is InChI=1S/C12H11N3O2/c16-7-11-12(8-4-5-8)13-14-15(11)9-2-1-3-10(17)6-9/h1-3,6-8,17H,4-5H2. The predicted octanol–water partition coefficient (Wildman–Crippen LogP) is 1.66. The minimum absolute atomic E-state index is 0.142. The Kier molecular flexibility index (Phi) is 2.18. The second-order valence-electron chi connectivity index (χ2n) is 4.18. The number of carbonyl (C=O) groups excluding carboxylic acids is 1. The van der Waals surface area contributed by atoms with Crippen molar-refractivity contribution in [3.05, 3.63) is 35.7 Å².